The van der Waals surface area contributed by atoms with Crippen molar-refractivity contribution >= 4 is 33.7 Å². The number of carbonyl (C=O) groups is 1. The second-order valence-electron chi connectivity index (χ2n) is 8.53. The number of likely N-dealkylation sites (N-methyl/N-ethyl adjacent to an activating group) is 1. The molecule has 1 saturated heterocycles. The molecule has 4 aromatic rings. The summed E-state index contributed by atoms with van der Waals surface area (Å²) in [5.41, 5.74) is 9.49. The molecule has 1 fully saturated rings. The highest BCUT2D eigenvalue weighted by molar-refractivity contribution is 5.98. The number of hydrogen-bond donors (Lipinski definition) is 2. The van der Waals surface area contributed by atoms with E-state index < -0.39 is 6.03 Å². The highest BCUT2D eigenvalue weighted by atomic mass is 16.5. The minimum Gasteiger partial charge on any atom is -0.373 e. The van der Waals surface area contributed by atoms with Crippen molar-refractivity contribution in [1.29, 1.82) is 0 Å². The summed E-state index contributed by atoms with van der Waals surface area (Å²) in [7, 11) is 4.12. The SMILES string of the molecule is CC1COC(CN(C)C)CN1c1ccc2nc(-c3nn(C(N)=O)c4ccc[c]c34)[nH]c2c1. The Morgan fingerprint density at radius 2 is 2.22 bits per heavy atom. The third-order valence-corrected chi connectivity index (χ3v) is 5.80. The number of H-pyrrole nitrogens is 1. The molecular formula is C23H26N7O2. The number of hydrogen-bond acceptors (Lipinski definition) is 6. The van der Waals surface area contributed by atoms with E-state index in [4.69, 9.17) is 15.5 Å². The molecule has 2 atom stereocenters. The lowest BCUT2D eigenvalue weighted by molar-refractivity contribution is 0.00880. The Labute approximate surface area is 185 Å². The van der Waals surface area contributed by atoms with Gasteiger partial charge in [-0.2, -0.15) is 9.78 Å². The number of aromatic nitrogens is 4. The summed E-state index contributed by atoms with van der Waals surface area (Å²) in [5, 5.41) is 5.10. The minimum atomic E-state index is -0.646. The Hall–Kier alpha value is -3.43. The van der Waals surface area contributed by atoms with Gasteiger partial charge in [0.25, 0.3) is 0 Å². The summed E-state index contributed by atoms with van der Waals surface area (Å²) < 4.78 is 7.19. The zero-order valence-electron chi connectivity index (χ0n) is 18.4. The van der Waals surface area contributed by atoms with Gasteiger partial charge in [0, 0.05) is 30.2 Å². The van der Waals surface area contributed by atoms with Crippen LogP contribution in [0.15, 0.2) is 36.4 Å². The van der Waals surface area contributed by atoms with Gasteiger partial charge in [0.1, 0.15) is 5.69 Å². The van der Waals surface area contributed by atoms with Crippen LogP contribution in [0.4, 0.5) is 10.5 Å². The predicted molar refractivity (Wildman–Crippen MR) is 124 cm³/mol. The number of nitrogens with zero attached hydrogens (tertiary/aromatic N) is 5. The zero-order valence-corrected chi connectivity index (χ0v) is 18.4. The highest BCUT2D eigenvalue weighted by Gasteiger charge is 2.27. The molecule has 0 bridgehead atoms. The fourth-order valence-corrected chi connectivity index (χ4v) is 4.32. The maximum Gasteiger partial charge on any atom is 0.340 e. The van der Waals surface area contributed by atoms with Crippen molar-refractivity contribution in [2.24, 2.45) is 5.73 Å². The number of anilines is 1. The van der Waals surface area contributed by atoms with E-state index in [1.165, 1.54) is 4.68 Å². The zero-order chi connectivity index (χ0) is 22.4. The van der Waals surface area contributed by atoms with Crippen molar-refractivity contribution in [3.8, 4) is 11.5 Å². The lowest BCUT2D eigenvalue weighted by Crippen LogP contribution is -2.51. The summed E-state index contributed by atoms with van der Waals surface area (Å²) in [6.45, 7) is 4.57. The van der Waals surface area contributed by atoms with Gasteiger partial charge in [-0.1, -0.05) is 12.1 Å². The first-order chi connectivity index (χ1) is 15.4. The Morgan fingerprint density at radius 3 is 3.00 bits per heavy atom. The summed E-state index contributed by atoms with van der Waals surface area (Å²) in [6, 6.07) is 14.4. The Morgan fingerprint density at radius 1 is 1.38 bits per heavy atom. The average Bonchev–Trinajstić information content (AvgIpc) is 3.35. The van der Waals surface area contributed by atoms with Crippen LogP contribution >= 0.6 is 0 Å². The lowest BCUT2D eigenvalue weighted by atomic mass is 10.1. The summed E-state index contributed by atoms with van der Waals surface area (Å²) in [6.07, 6.45) is 0.161. The molecule has 1 aliphatic rings. The number of benzene rings is 2. The van der Waals surface area contributed by atoms with Crippen molar-refractivity contribution in [3.05, 3.63) is 42.5 Å². The Balaban J connectivity index is 1.51. The molecule has 9 nitrogen and oxygen atoms in total. The summed E-state index contributed by atoms with van der Waals surface area (Å²) in [5.74, 6) is 0.574. The van der Waals surface area contributed by atoms with Gasteiger partial charge in [0.2, 0.25) is 0 Å². The molecule has 3 heterocycles. The topological polar surface area (TPSA) is 105 Å². The van der Waals surface area contributed by atoms with Crippen molar-refractivity contribution < 1.29 is 9.53 Å². The number of morpholine rings is 1. The number of nitrogens with one attached hydrogen (secondary N) is 1. The van der Waals surface area contributed by atoms with E-state index in [0.717, 1.165) is 29.8 Å². The van der Waals surface area contributed by atoms with Crippen LogP contribution < -0.4 is 10.6 Å². The van der Waals surface area contributed by atoms with Gasteiger partial charge in [0.15, 0.2) is 5.82 Å². The van der Waals surface area contributed by atoms with Crippen LogP contribution in [-0.4, -0.2) is 76.6 Å². The molecule has 2 unspecified atom stereocenters. The van der Waals surface area contributed by atoms with E-state index in [9.17, 15) is 4.79 Å². The average molecular weight is 433 g/mol. The number of rotatable bonds is 4. The van der Waals surface area contributed by atoms with Crippen molar-refractivity contribution in [3.63, 3.8) is 0 Å². The number of nitrogens with two attached hydrogens (primary N) is 1. The van der Waals surface area contributed by atoms with E-state index in [1.54, 1.807) is 18.2 Å². The monoisotopic (exact) mass is 432 g/mol. The van der Waals surface area contributed by atoms with E-state index in [2.05, 4.69) is 59.1 Å². The third-order valence-electron chi connectivity index (χ3n) is 5.80. The smallest absolute Gasteiger partial charge is 0.340 e. The molecule has 2 aromatic carbocycles. The number of fused-ring (bicyclic) bond motifs is 2. The quantitative estimate of drug-likeness (QED) is 0.513. The number of amides is 1. The third kappa shape index (κ3) is 3.59. The molecular weight excluding hydrogens is 406 g/mol. The van der Waals surface area contributed by atoms with Crippen LogP contribution in [0.3, 0.4) is 0 Å². The van der Waals surface area contributed by atoms with Gasteiger partial charge >= 0.3 is 6.03 Å². The van der Waals surface area contributed by atoms with Gasteiger partial charge in [-0.3, -0.25) is 0 Å². The maximum atomic E-state index is 11.8. The molecule has 2 aromatic heterocycles. The summed E-state index contributed by atoms with van der Waals surface area (Å²) >= 11 is 0. The molecule has 0 saturated carbocycles. The number of carbonyl (C=O) groups excluding carboxylic acids is 1. The van der Waals surface area contributed by atoms with Crippen LogP contribution in [0.5, 0.6) is 0 Å². The number of primary amides is 1. The van der Waals surface area contributed by atoms with Crippen LogP contribution in [-0.2, 0) is 4.74 Å². The van der Waals surface area contributed by atoms with E-state index >= 15 is 0 Å². The first kappa shape index (κ1) is 20.5. The molecule has 1 aliphatic heterocycles. The number of imidazole rings is 1. The Kier molecular flexibility index (Phi) is 5.07. The minimum absolute atomic E-state index is 0.161. The molecule has 3 N–H and O–H groups in total. The molecule has 5 rings (SSSR count). The van der Waals surface area contributed by atoms with Gasteiger partial charge in [0.05, 0.1) is 29.3 Å². The molecule has 0 spiro atoms. The van der Waals surface area contributed by atoms with Crippen LogP contribution in [0.25, 0.3) is 33.5 Å². The van der Waals surface area contributed by atoms with Crippen molar-refractivity contribution in [2.75, 3.05) is 38.7 Å². The lowest BCUT2D eigenvalue weighted by Gasteiger charge is -2.40. The van der Waals surface area contributed by atoms with Crippen LogP contribution in [0, 0.1) is 6.07 Å². The molecule has 165 valence electrons. The maximum absolute atomic E-state index is 11.8. The Bertz CT molecular complexity index is 1290. The van der Waals surface area contributed by atoms with Crippen molar-refractivity contribution in [1.82, 2.24) is 24.6 Å². The molecule has 32 heavy (non-hydrogen) atoms. The first-order valence-electron chi connectivity index (χ1n) is 10.6. The van der Waals surface area contributed by atoms with Gasteiger partial charge in [-0.05, 0) is 51.4 Å². The van der Waals surface area contributed by atoms with Gasteiger partial charge in [-0.15, -0.1) is 0 Å². The second kappa shape index (κ2) is 7.92. The summed E-state index contributed by atoms with van der Waals surface area (Å²) in [4.78, 5) is 24.4. The van der Waals surface area contributed by atoms with E-state index in [-0.39, 0.29) is 12.1 Å². The molecule has 9 heteroatoms. The largest absolute Gasteiger partial charge is 0.373 e. The van der Waals surface area contributed by atoms with Crippen molar-refractivity contribution in [2.45, 2.75) is 19.1 Å². The first-order valence-corrected chi connectivity index (χ1v) is 10.6. The predicted octanol–water partition coefficient (Wildman–Crippen LogP) is 2.46. The molecule has 1 amide bonds. The number of aromatic amines is 1. The fraction of sp³-hybridized carbons (Fsp3) is 0.348. The number of ether oxygens (including phenoxy) is 1. The van der Waals surface area contributed by atoms with Gasteiger partial charge < -0.3 is 25.3 Å². The van der Waals surface area contributed by atoms with Gasteiger partial charge in [-0.25, -0.2) is 9.78 Å². The normalized spacial score (nSPS) is 19.3. The van der Waals surface area contributed by atoms with E-state index in [0.29, 0.717) is 29.0 Å². The fourth-order valence-electron chi connectivity index (χ4n) is 4.32. The molecule has 0 aliphatic carbocycles. The standard InChI is InChI=1S/C23H26N7O2/c1-14-13-32-16(11-28(2)3)12-29(14)15-8-9-18-19(10-15)26-22(25-18)21-17-6-4-5-7-20(17)30(27-21)23(24)31/h4-5,7-10,14,16H,11-13H2,1-3H3,(H2,24,31)(H,25,26). The van der Waals surface area contributed by atoms with E-state index in [1.807, 2.05) is 6.07 Å². The van der Waals surface area contributed by atoms with Crippen LogP contribution in [0.1, 0.15) is 6.92 Å². The molecule has 1 radical (unpaired) electrons. The van der Waals surface area contributed by atoms with Crippen LogP contribution in [0.2, 0.25) is 0 Å². The second-order valence-corrected chi connectivity index (χ2v) is 8.53. The highest BCUT2D eigenvalue weighted by Crippen LogP contribution is 2.30.